The number of nitrogens with zero attached hydrogens (tertiary/aromatic N) is 3. The minimum atomic E-state index is -0.541. The van der Waals surface area contributed by atoms with E-state index in [4.69, 9.17) is 5.73 Å². The number of hydrogen-bond acceptors (Lipinski definition) is 4. The SMILES string of the molecule is Cn1c(-c2ccc(N)c([N+](=O)[O-])c2)nc2ccc(F)cc21. The van der Waals surface area contributed by atoms with Crippen LogP contribution in [0, 0.1) is 15.9 Å². The fourth-order valence-electron chi connectivity index (χ4n) is 2.26. The Labute approximate surface area is 118 Å². The lowest BCUT2D eigenvalue weighted by molar-refractivity contribution is -0.383. The molecule has 3 rings (SSSR count). The zero-order valence-electron chi connectivity index (χ0n) is 11.1. The maximum absolute atomic E-state index is 13.3. The molecule has 0 aliphatic rings. The number of rotatable bonds is 2. The summed E-state index contributed by atoms with van der Waals surface area (Å²) < 4.78 is 15.0. The van der Waals surface area contributed by atoms with Gasteiger partial charge in [-0.2, -0.15) is 0 Å². The first kappa shape index (κ1) is 13.0. The van der Waals surface area contributed by atoms with E-state index in [1.807, 2.05) is 0 Å². The van der Waals surface area contributed by atoms with Gasteiger partial charge in [0.15, 0.2) is 0 Å². The normalized spacial score (nSPS) is 11.0. The molecule has 0 spiro atoms. The maximum Gasteiger partial charge on any atom is 0.292 e. The third-order valence-electron chi connectivity index (χ3n) is 3.33. The van der Waals surface area contributed by atoms with E-state index in [-0.39, 0.29) is 17.2 Å². The van der Waals surface area contributed by atoms with Crippen molar-refractivity contribution in [2.75, 3.05) is 5.73 Å². The largest absolute Gasteiger partial charge is 0.393 e. The zero-order chi connectivity index (χ0) is 15.1. The van der Waals surface area contributed by atoms with Crippen LogP contribution in [0.2, 0.25) is 0 Å². The van der Waals surface area contributed by atoms with Gasteiger partial charge in [0.05, 0.1) is 16.0 Å². The third kappa shape index (κ3) is 2.08. The number of benzene rings is 2. The Morgan fingerprint density at radius 2 is 2.05 bits per heavy atom. The van der Waals surface area contributed by atoms with Crippen LogP contribution in [-0.2, 0) is 7.05 Å². The zero-order valence-corrected chi connectivity index (χ0v) is 11.1. The second kappa shape index (κ2) is 4.55. The molecule has 0 unspecified atom stereocenters. The van der Waals surface area contributed by atoms with Crippen LogP contribution in [0.4, 0.5) is 15.8 Å². The van der Waals surface area contributed by atoms with Gasteiger partial charge in [-0.3, -0.25) is 10.1 Å². The van der Waals surface area contributed by atoms with Crippen LogP contribution in [0.15, 0.2) is 36.4 Å². The second-order valence-electron chi connectivity index (χ2n) is 4.66. The number of aromatic nitrogens is 2. The second-order valence-corrected chi connectivity index (χ2v) is 4.66. The van der Waals surface area contributed by atoms with Crippen LogP contribution >= 0.6 is 0 Å². The number of nitrogen functional groups attached to an aromatic ring is 1. The summed E-state index contributed by atoms with van der Waals surface area (Å²) in [5.41, 5.74) is 7.28. The molecular weight excluding hydrogens is 275 g/mol. The van der Waals surface area contributed by atoms with Crippen molar-refractivity contribution >= 4 is 22.4 Å². The fraction of sp³-hybridized carbons (Fsp3) is 0.0714. The average molecular weight is 286 g/mol. The number of hydrogen-bond donors (Lipinski definition) is 1. The number of imidazole rings is 1. The molecule has 0 saturated heterocycles. The summed E-state index contributed by atoms with van der Waals surface area (Å²) in [6.07, 6.45) is 0. The summed E-state index contributed by atoms with van der Waals surface area (Å²) in [6.45, 7) is 0. The fourth-order valence-corrected chi connectivity index (χ4v) is 2.26. The first-order chi connectivity index (χ1) is 9.97. The number of fused-ring (bicyclic) bond motifs is 1. The van der Waals surface area contributed by atoms with Gasteiger partial charge in [-0.1, -0.05) is 0 Å². The third-order valence-corrected chi connectivity index (χ3v) is 3.33. The van der Waals surface area contributed by atoms with Gasteiger partial charge in [0.1, 0.15) is 17.3 Å². The van der Waals surface area contributed by atoms with E-state index in [9.17, 15) is 14.5 Å². The molecule has 3 aromatic rings. The lowest BCUT2D eigenvalue weighted by Gasteiger charge is -2.04. The van der Waals surface area contributed by atoms with Crippen LogP contribution < -0.4 is 5.73 Å². The summed E-state index contributed by atoms with van der Waals surface area (Å²) in [4.78, 5) is 14.8. The van der Waals surface area contributed by atoms with Crippen molar-refractivity contribution in [2.45, 2.75) is 0 Å². The molecule has 0 amide bonds. The van der Waals surface area contributed by atoms with Gasteiger partial charge >= 0.3 is 0 Å². The quantitative estimate of drug-likeness (QED) is 0.446. The first-order valence-electron chi connectivity index (χ1n) is 6.13. The van der Waals surface area contributed by atoms with Crippen molar-refractivity contribution in [1.82, 2.24) is 9.55 Å². The highest BCUT2D eigenvalue weighted by molar-refractivity contribution is 5.81. The highest BCUT2D eigenvalue weighted by atomic mass is 19.1. The molecular formula is C14H11FN4O2. The Bertz CT molecular complexity index is 873. The van der Waals surface area contributed by atoms with Gasteiger partial charge < -0.3 is 10.3 Å². The Morgan fingerprint density at radius 3 is 2.76 bits per heavy atom. The Morgan fingerprint density at radius 1 is 1.29 bits per heavy atom. The minimum Gasteiger partial charge on any atom is -0.393 e. The molecule has 0 bridgehead atoms. The molecule has 7 heteroatoms. The maximum atomic E-state index is 13.3. The highest BCUT2D eigenvalue weighted by Gasteiger charge is 2.16. The topological polar surface area (TPSA) is 87.0 Å². The van der Waals surface area contributed by atoms with E-state index in [0.717, 1.165) is 0 Å². The molecule has 2 aromatic carbocycles. The van der Waals surface area contributed by atoms with Crippen molar-refractivity contribution < 1.29 is 9.31 Å². The molecule has 0 saturated carbocycles. The molecule has 0 aliphatic carbocycles. The van der Waals surface area contributed by atoms with Crippen LogP contribution in [0.1, 0.15) is 0 Å². The summed E-state index contributed by atoms with van der Waals surface area (Å²) in [6, 6.07) is 8.75. The van der Waals surface area contributed by atoms with E-state index in [0.29, 0.717) is 22.4 Å². The van der Waals surface area contributed by atoms with Crippen LogP contribution in [0.5, 0.6) is 0 Å². The van der Waals surface area contributed by atoms with Gasteiger partial charge in [0.2, 0.25) is 0 Å². The summed E-state index contributed by atoms with van der Waals surface area (Å²) >= 11 is 0. The first-order valence-corrected chi connectivity index (χ1v) is 6.13. The van der Waals surface area contributed by atoms with Gasteiger partial charge in [-0.05, 0) is 30.3 Å². The van der Waals surface area contributed by atoms with E-state index in [2.05, 4.69) is 4.98 Å². The molecule has 106 valence electrons. The van der Waals surface area contributed by atoms with Crippen molar-refractivity contribution in [3.05, 3.63) is 52.3 Å². The Balaban J connectivity index is 2.23. The highest BCUT2D eigenvalue weighted by Crippen LogP contribution is 2.30. The lowest BCUT2D eigenvalue weighted by atomic mass is 10.1. The Kier molecular flexibility index (Phi) is 2.83. The number of nitrogens with two attached hydrogens (primary N) is 1. The minimum absolute atomic E-state index is 0.0913. The molecule has 0 atom stereocenters. The molecule has 1 aromatic heterocycles. The van der Waals surface area contributed by atoms with E-state index < -0.39 is 4.92 Å². The molecule has 6 nitrogen and oxygen atoms in total. The van der Waals surface area contributed by atoms with Crippen molar-refractivity contribution in [3.8, 4) is 11.4 Å². The molecule has 1 heterocycles. The number of aryl methyl sites for hydroxylation is 1. The summed E-state index contributed by atoms with van der Waals surface area (Å²) in [5, 5.41) is 11.0. The summed E-state index contributed by atoms with van der Waals surface area (Å²) in [7, 11) is 1.73. The lowest BCUT2D eigenvalue weighted by Crippen LogP contribution is -1.98. The monoisotopic (exact) mass is 286 g/mol. The number of nitro groups is 1. The van der Waals surface area contributed by atoms with Crippen molar-refractivity contribution in [3.63, 3.8) is 0 Å². The smallest absolute Gasteiger partial charge is 0.292 e. The van der Waals surface area contributed by atoms with Crippen LogP contribution in [-0.4, -0.2) is 14.5 Å². The number of nitro benzene ring substituents is 1. The predicted molar refractivity (Wildman–Crippen MR) is 77.2 cm³/mol. The number of anilines is 1. The average Bonchev–Trinajstić information content (AvgIpc) is 2.76. The molecule has 2 N–H and O–H groups in total. The van der Waals surface area contributed by atoms with Gasteiger partial charge in [0, 0.05) is 18.7 Å². The van der Waals surface area contributed by atoms with Gasteiger partial charge in [0.25, 0.3) is 5.69 Å². The van der Waals surface area contributed by atoms with E-state index in [1.54, 1.807) is 23.7 Å². The van der Waals surface area contributed by atoms with Gasteiger partial charge in [-0.25, -0.2) is 9.37 Å². The molecule has 0 fully saturated rings. The van der Waals surface area contributed by atoms with Crippen LogP contribution in [0.25, 0.3) is 22.4 Å². The van der Waals surface area contributed by atoms with E-state index in [1.165, 1.54) is 24.3 Å². The molecule has 21 heavy (non-hydrogen) atoms. The van der Waals surface area contributed by atoms with E-state index >= 15 is 0 Å². The van der Waals surface area contributed by atoms with Crippen molar-refractivity contribution in [2.24, 2.45) is 7.05 Å². The van der Waals surface area contributed by atoms with Crippen molar-refractivity contribution in [1.29, 1.82) is 0 Å². The predicted octanol–water partition coefficient (Wildman–Crippen LogP) is 2.87. The Hall–Kier alpha value is -2.96. The standard InChI is InChI=1S/C14H11FN4O2/c1-18-13-7-9(15)3-5-11(13)17-14(18)8-2-4-10(16)12(6-8)19(20)21/h2-7H,16H2,1H3. The number of halogens is 1. The molecule has 0 aliphatic heterocycles. The van der Waals surface area contributed by atoms with Crippen LogP contribution in [0.3, 0.4) is 0 Å². The summed E-state index contributed by atoms with van der Waals surface area (Å²) in [5.74, 6) is 0.152. The van der Waals surface area contributed by atoms with Gasteiger partial charge in [-0.15, -0.1) is 0 Å². The molecule has 0 radical (unpaired) electrons.